The van der Waals surface area contributed by atoms with Crippen molar-refractivity contribution in [2.45, 2.75) is 32.7 Å². The Labute approximate surface area is 92.2 Å². The van der Waals surface area contributed by atoms with Crippen molar-refractivity contribution < 1.29 is 0 Å². The van der Waals surface area contributed by atoms with Crippen LogP contribution >= 0.6 is 12.2 Å². The fourth-order valence-electron chi connectivity index (χ4n) is 1.98. The largest absolute Gasteiger partial charge is 0.363 e. The highest BCUT2D eigenvalue weighted by atomic mass is 32.1. The Hall–Kier alpha value is -0.350. The third-order valence-corrected chi connectivity index (χ3v) is 3.03. The van der Waals surface area contributed by atoms with E-state index in [1.54, 1.807) is 0 Å². The molecule has 0 aromatic rings. The number of thiocarbonyl (C=S) groups is 1. The van der Waals surface area contributed by atoms with Gasteiger partial charge >= 0.3 is 0 Å². The quantitative estimate of drug-likeness (QED) is 0.683. The Bertz CT molecular complexity index is 184. The minimum atomic E-state index is 0.677. The lowest BCUT2D eigenvalue weighted by Gasteiger charge is -2.23. The van der Waals surface area contributed by atoms with Crippen molar-refractivity contribution in [3.8, 4) is 0 Å². The number of rotatable bonds is 4. The highest BCUT2D eigenvalue weighted by molar-refractivity contribution is 7.80. The number of likely N-dealkylation sites (tertiary alicyclic amines) is 1. The summed E-state index contributed by atoms with van der Waals surface area (Å²) in [6, 6.07) is 0.677. The van der Waals surface area contributed by atoms with E-state index in [2.05, 4.69) is 29.4 Å². The molecule has 14 heavy (non-hydrogen) atoms. The maximum atomic E-state index is 5.12. The molecule has 0 radical (unpaired) electrons. The first-order chi connectivity index (χ1) is 6.77. The molecule has 1 aliphatic heterocycles. The molecule has 1 atom stereocenters. The Morgan fingerprint density at radius 2 is 2.21 bits per heavy atom. The number of likely N-dealkylation sites (N-methyl/N-ethyl adjacent to an activating group) is 1. The topological polar surface area (TPSA) is 27.3 Å². The average Bonchev–Trinajstić information content (AvgIpc) is 2.62. The SMILES string of the molecule is CCNC(=S)NCC1CCCN1CC. The van der Waals surface area contributed by atoms with E-state index in [1.165, 1.54) is 19.4 Å². The lowest BCUT2D eigenvalue weighted by Crippen LogP contribution is -2.43. The van der Waals surface area contributed by atoms with Crippen LogP contribution in [0.25, 0.3) is 0 Å². The zero-order chi connectivity index (χ0) is 10.4. The molecule has 2 N–H and O–H groups in total. The van der Waals surface area contributed by atoms with Crippen LogP contribution in [0.3, 0.4) is 0 Å². The van der Waals surface area contributed by atoms with Gasteiger partial charge in [-0.3, -0.25) is 4.90 Å². The van der Waals surface area contributed by atoms with Crippen molar-refractivity contribution in [1.29, 1.82) is 0 Å². The van der Waals surface area contributed by atoms with Crippen LogP contribution in [0.2, 0.25) is 0 Å². The van der Waals surface area contributed by atoms with E-state index in [0.717, 1.165) is 24.7 Å². The minimum Gasteiger partial charge on any atom is -0.363 e. The van der Waals surface area contributed by atoms with Gasteiger partial charge < -0.3 is 10.6 Å². The Morgan fingerprint density at radius 3 is 2.86 bits per heavy atom. The molecule has 4 heteroatoms. The fourth-order valence-corrected chi connectivity index (χ4v) is 2.20. The van der Waals surface area contributed by atoms with Crippen molar-refractivity contribution >= 4 is 17.3 Å². The molecule has 0 bridgehead atoms. The summed E-state index contributed by atoms with van der Waals surface area (Å²) in [5.41, 5.74) is 0. The summed E-state index contributed by atoms with van der Waals surface area (Å²) in [5, 5.41) is 7.16. The van der Waals surface area contributed by atoms with Gasteiger partial charge in [-0.2, -0.15) is 0 Å². The molecule has 1 unspecified atom stereocenters. The van der Waals surface area contributed by atoms with Crippen molar-refractivity contribution in [3.63, 3.8) is 0 Å². The predicted molar refractivity (Wildman–Crippen MR) is 64.5 cm³/mol. The predicted octanol–water partition coefficient (Wildman–Crippen LogP) is 0.955. The summed E-state index contributed by atoms with van der Waals surface area (Å²) in [5.74, 6) is 0. The lowest BCUT2D eigenvalue weighted by atomic mass is 10.2. The van der Waals surface area contributed by atoms with Gasteiger partial charge in [0, 0.05) is 19.1 Å². The molecule has 1 heterocycles. The first kappa shape index (κ1) is 11.7. The van der Waals surface area contributed by atoms with Crippen LogP contribution in [0.1, 0.15) is 26.7 Å². The summed E-state index contributed by atoms with van der Waals surface area (Å²) in [4.78, 5) is 2.52. The average molecular weight is 215 g/mol. The highest BCUT2D eigenvalue weighted by Gasteiger charge is 2.22. The third-order valence-electron chi connectivity index (χ3n) is 2.74. The van der Waals surface area contributed by atoms with Crippen molar-refractivity contribution in [3.05, 3.63) is 0 Å². The van der Waals surface area contributed by atoms with Crippen LogP contribution in [-0.4, -0.2) is 42.2 Å². The first-order valence-corrected chi connectivity index (χ1v) is 5.94. The van der Waals surface area contributed by atoms with Crippen LogP contribution in [0, 0.1) is 0 Å². The molecule has 0 aromatic heterocycles. The fraction of sp³-hybridized carbons (Fsp3) is 0.900. The second-order valence-corrected chi connectivity index (χ2v) is 4.07. The zero-order valence-corrected chi connectivity index (χ0v) is 9.99. The minimum absolute atomic E-state index is 0.677. The van der Waals surface area contributed by atoms with E-state index in [4.69, 9.17) is 12.2 Å². The van der Waals surface area contributed by atoms with Gasteiger partial charge in [-0.05, 0) is 45.1 Å². The monoisotopic (exact) mass is 215 g/mol. The van der Waals surface area contributed by atoms with Crippen molar-refractivity contribution in [2.24, 2.45) is 0 Å². The molecular formula is C10H21N3S. The van der Waals surface area contributed by atoms with Gasteiger partial charge in [-0.15, -0.1) is 0 Å². The Balaban J connectivity index is 2.20. The van der Waals surface area contributed by atoms with Crippen LogP contribution in [-0.2, 0) is 0 Å². The van der Waals surface area contributed by atoms with E-state index < -0.39 is 0 Å². The van der Waals surface area contributed by atoms with E-state index in [1.807, 2.05) is 0 Å². The van der Waals surface area contributed by atoms with E-state index in [9.17, 15) is 0 Å². The smallest absolute Gasteiger partial charge is 0.166 e. The molecule has 1 aliphatic rings. The second-order valence-electron chi connectivity index (χ2n) is 3.66. The number of nitrogens with one attached hydrogen (secondary N) is 2. The molecule has 1 rings (SSSR count). The molecule has 0 spiro atoms. The van der Waals surface area contributed by atoms with E-state index >= 15 is 0 Å². The molecule has 82 valence electrons. The van der Waals surface area contributed by atoms with Crippen LogP contribution in [0.5, 0.6) is 0 Å². The summed E-state index contributed by atoms with van der Waals surface area (Å²) in [6.07, 6.45) is 2.63. The summed E-state index contributed by atoms with van der Waals surface area (Å²) in [7, 11) is 0. The molecule has 1 fully saturated rings. The van der Waals surface area contributed by atoms with Crippen LogP contribution < -0.4 is 10.6 Å². The Morgan fingerprint density at radius 1 is 1.43 bits per heavy atom. The molecule has 0 aromatic carbocycles. The Kier molecular flexibility index (Phi) is 5.19. The molecule has 3 nitrogen and oxygen atoms in total. The van der Waals surface area contributed by atoms with E-state index in [0.29, 0.717) is 6.04 Å². The number of hydrogen-bond acceptors (Lipinski definition) is 2. The maximum Gasteiger partial charge on any atom is 0.166 e. The standard InChI is InChI=1S/C10H21N3S/c1-3-11-10(14)12-8-9-6-5-7-13(9)4-2/h9H,3-8H2,1-2H3,(H2,11,12,14). The van der Waals surface area contributed by atoms with Gasteiger partial charge in [0.05, 0.1) is 0 Å². The number of hydrogen-bond donors (Lipinski definition) is 2. The summed E-state index contributed by atoms with van der Waals surface area (Å²) in [6.45, 7) is 8.56. The van der Waals surface area contributed by atoms with Gasteiger partial charge in [-0.25, -0.2) is 0 Å². The van der Waals surface area contributed by atoms with Gasteiger partial charge in [0.1, 0.15) is 0 Å². The first-order valence-electron chi connectivity index (χ1n) is 5.53. The summed E-state index contributed by atoms with van der Waals surface area (Å²) >= 11 is 5.12. The van der Waals surface area contributed by atoms with Crippen molar-refractivity contribution in [1.82, 2.24) is 15.5 Å². The number of nitrogens with zero attached hydrogens (tertiary/aromatic N) is 1. The normalized spacial score (nSPS) is 22.3. The molecule has 0 amide bonds. The summed E-state index contributed by atoms with van der Waals surface area (Å²) < 4.78 is 0. The van der Waals surface area contributed by atoms with Gasteiger partial charge in [0.15, 0.2) is 5.11 Å². The molecule has 0 saturated carbocycles. The van der Waals surface area contributed by atoms with Crippen LogP contribution in [0.4, 0.5) is 0 Å². The second kappa shape index (κ2) is 6.19. The van der Waals surface area contributed by atoms with E-state index in [-0.39, 0.29) is 0 Å². The van der Waals surface area contributed by atoms with Gasteiger partial charge in [-0.1, -0.05) is 6.92 Å². The maximum absolute atomic E-state index is 5.12. The van der Waals surface area contributed by atoms with Crippen LogP contribution in [0.15, 0.2) is 0 Å². The lowest BCUT2D eigenvalue weighted by molar-refractivity contribution is 0.267. The zero-order valence-electron chi connectivity index (χ0n) is 9.18. The highest BCUT2D eigenvalue weighted by Crippen LogP contribution is 2.15. The van der Waals surface area contributed by atoms with Gasteiger partial charge in [0.25, 0.3) is 0 Å². The molecule has 0 aliphatic carbocycles. The third kappa shape index (κ3) is 3.42. The van der Waals surface area contributed by atoms with Gasteiger partial charge in [0.2, 0.25) is 0 Å². The molecule has 1 saturated heterocycles. The van der Waals surface area contributed by atoms with Crippen molar-refractivity contribution in [2.75, 3.05) is 26.2 Å². The molecular weight excluding hydrogens is 194 g/mol.